The van der Waals surface area contributed by atoms with Crippen molar-refractivity contribution in [1.29, 1.82) is 0 Å². The molecule has 12 unspecified atom stereocenters. The summed E-state index contributed by atoms with van der Waals surface area (Å²) in [6.07, 6.45) is 15.2. The summed E-state index contributed by atoms with van der Waals surface area (Å²) in [6, 6.07) is -0.930. The van der Waals surface area contributed by atoms with E-state index in [1.54, 1.807) is 6.08 Å². The summed E-state index contributed by atoms with van der Waals surface area (Å²) in [4.78, 5) is 13.0. The van der Waals surface area contributed by atoms with E-state index in [9.17, 15) is 45.6 Å². The lowest BCUT2D eigenvalue weighted by Crippen LogP contribution is -2.65. The van der Waals surface area contributed by atoms with Gasteiger partial charge in [-0.25, -0.2) is 0 Å². The number of aliphatic hydroxyl groups excluding tert-OH is 8. The van der Waals surface area contributed by atoms with Crippen LogP contribution in [0.5, 0.6) is 0 Å². The Bertz CT molecular complexity index is 1100. The molecule has 0 radical (unpaired) electrons. The SMILES string of the molecule is CCC/C=C/CC/C=C/C(O)C(COC1OC(CO)C(OC2OC(CO)C(O)C(O)C2O)C(O)C1O)NC(=O)CCCCCCC/C=C\CCCCCCCCC. The molecule has 14 nitrogen and oxygen atoms in total. The molecule has 0 aliphatic carbocycles. The Kier molecular flexibility index (Phi) is 28.1. The number of aliphatic hydroxyl groups is 8. The van der Waals surface area contributed by atoms with Gasteiger partial charge < -0.3 is 65.1 Å². The molecule has 2 aliphatic rings. The molecule has 14 heteroatoms. The van der Waals surface area contributed by atoms with Gasteiger partial charge in [-0.05, 0) is 51.4 Å². The van der Waals surface area contributed by atoms with Crippen molar-refractivity contribution in [2.45, 2.75) is 209 Å². The molecule has 332 valence electrons. The smallest absolute Gasteiger partial charge is 0.220 e. The van der Waals surface area contributed by atoms with Gasteiger partial charge in [-0.3, -0.25) is 4.79 Å². The summed E-state index contributed by atoms with van der Waals surface area (Å²) < 4.78 is 22.5. The molecule has 2 heterocycles. The van der Waals surface area contributed by atoms with E-state index in [1.807, 2.05) is 6.08 Å². The van der Waals surface area contributed by atoms with Crippen molar-refractivity contribution < 1.29 is 64.6 Å². The van der Waals surface area contributed by atoms with Crippen molar-refractivity contribution in [3.05, 3.63) is 36.5 Å². The minimum Gasteiger partial charge on any atom is -0.394 e. The zero-order valence-electron chi connectivity index (χ0n) is 34.6. The second-order valence-electron chi connectivity index (χ2n) is 15.5. The lowest BCUT2D eigenvalue weighted by Gasteiger charge is -2.46. The molecule has 2 rings (SSSR count). The molecule has 2 aliphatic heterocycles. The van der Waals surface area contributed by atoms with Gasteiger partial charge in [0.2, 0.25) is 5.91 Å². The van der Waals surface area contributed by atoms with E-state index in [1.165, 1.54) is 44.9 Å². The number of allylic oxidation sites excluding steroid dienone is 5. The first-order chi connectivity index (χ1) is 27.6. The molecule has 2 fully saturated rings. The third kappa shape index (κ3) is 19.9. The fourth-order valence-electron chi connectivity index (χ4n) is 6.89. The van der Waals surface area contributed by atoms with Gasteiger partial charge in [0, 0.05) is 6.42 Å². The molecule has 0 aromatic rings. The van der Waals surface area contributed by atoms with Crippen molar-refractivity contribution >= 4 is 5.91 Å². The second kappa shape index (κ2) is 31.1. The monoisotopic (exact) mass is 816 g/mol. The van der Waals surface area contributed by atoms with E-state index in [-0.39, 0.29) is 18.9 Å². The Labute approximate surface area is 341 Å². The van der Waals surface area contributed by atoms with Crippen LogP contribution in [-0.2, 0) is 23.7 Å². The topological polar surface area (TPSA) is 228 Å². The number of hydrogen-bond acceptors (Lipinski definition) is 13. The second-order valence-corrected chi connectivity index (χ2v) is 15.5. The van der Waals surface area contributed by atoms with Gasteiger partial charge in [0.15, 0.2) is 12.6 Å². The summed E-state index contributed by atoms with van der Waals surface area (Å²) in [7, 11) is 0. The van der Waals surface area contributed by atoms with Crippen LogP contribution in [0.4, 0.5) is 0 Å². The molecule has 0 spiro atoms. The Morgan fingerprint density at radius 1 is 0.614 bits per heavy atom. The molecule has 0 saturated carbocycles. The molecule has 9 N–H and O–H groups in total. The van der Waals surface area contributed by atoms with Gasteiger partial charge in [0.05, 0.1) is 32.0 Å². The van der Waals surface area contributed by atoms with Crippen LogP contribution < -0.4 is 5.32 Å². The number of amides is 1. The molecule has 2 saturated heterocycles. The zero-order valence-corrected chi connectivity index (χ0v) is 34.6. The lowest BCUT2D eigenvalue weighted by molar-refractivity contribution is -0.359. The number of carbonyl (C=O) groups excluding carboxylic acids is 1. The lowest BCUT2D eigenvalue weighted by atomic mass is 9.97. The van der Waals surface area contributed by atoms with Gasteiger partial charge in [-0.2, -0.15) is 0 Å². The van der Waals surface area contributed by atoms with Gasteiger partial charge in [-0.1, -0.05) is 115 Å². The van der Waals surface area contributed by atoms with Crippen LogP contribution in [0.25, 0.3) is 0 Å². The number of nitrogens with one attached hydrogen (secondary N) is 1. The maximum absolute atomic E-state index is 13.0. The Morgan fingerprint density at radius 2 is 1.16 bits per heavy atom. The first-order valence-corrected chi connectivity index (χ1v) is 21.7. The Hall–Kier alpha value is -1.79. The minimum atomic E-state index is -1.79. The highest BCUT2D eigenvalue weighted by Crippen LogP contribution is 2.30. The van der Waals surface area contributed by atoms with E-state index in [2.05, 4.69) is 43.5 Å². The normalized spacial score (nSPS) is 29.4. The van der Waals surface area contributed by atoms with E-state index in [0.717, 1.165) is 57.8 Å². The quantitative estimate of drug-likeness (QED) is 0.0361. The van der Waals surface area contributed by atoms with Crippen molar-refractivity contribution in [2.24, 2.45) is 0 Å². The zero-order chi connectivity index (χ0) is 41.8. The van der Waals surface area contributed by atoms with E-state index in [4.69, 9.17) is 18.9 Å². The fraction of sp³-hybridized carbons (Fsp3) is 0.837. The van der Waals surface area contributed by atoms with E-state index in [0.29, 0.717) is 12.8 Å². The van der Waals surface area contributed by atoms with Gasteiger partial charge in [-0.15, -0.1) is 0 Å². The van der Waals surface area contributed by atoms with Crippen LogP contribution in [0.1, 0.15) is 136 Å². The Morgan fingerprint density at radius 3 is 1.79 bits per heavy atom. The van der Waals surface area contributed by atoms with Crippen LogP contribution in [0.15, 0.2) is 36.5 Å². The molecule has 1 amide bonds. The van der Waals surface area contributed by atoms with Crippen LogP contribution >= 0.6 is 0 Å². The first-order valence-electron chi connectivity index (χ1n) is 21.7. The third-order valence-electron chi connectivity index (χ3n) is 10.5. The summed E-state index contributed by atoms with van der Waals surface area (Å²) in [6.45, 7) is 2.60. The predicted molar refractivity (Wildman–Crippen MR) is 217 cm³/mol. The summed E-state index contributed by atoms with van der Waals surface area (Å²) in [5.41, 5.74) is 0. The maximum Gasteiger partial charge on any atom is 0.220 e. The average molecular weight is 816 g/mol. The van der Waals surface area contributed by atoms with Crippen LogP contribution in [0.3, 0.4) is 0 Å². The average Bonchev–Trinajstić information content (AvgIpc) is 3.21. The highest BCUT2D eigenvalue weighted by molar-refractivity contribution is 5.76. The molecule has 0 aromatic carbocycles. The maximum atomic E-state index is 13.0. The van der Waals surface area contributed by atoms with Crippen molar-refractivity contribution in [2.75, 3.05) is 19.8 Å². The highest BCUT2D eigenvalue weighted by atomic mass is 16.7. The summed E-state index contributed by atoms with van der Waals surface area (Å²) in [5.74, 6) is -0.266. The van der Waals surface area contributed by atoms with E-state index < -0.39 is 86.8 Å². The van der Waals surface area contributed by atoms with Crippen molar-refractivity contribution in [3.63, 3.8) is 0 Å². The fourth-order valence-corrected chi connectivity index (χ4v) is 6.89. The number of ether oxygens (including phenoxy) is 4. The van der Waals surface area contributed by atoms with Crippen molar-refractivity contribution in [1.82, 2.24) is 5.32 Å². The van der Waals surface area contributed by atoms with Crippen LogP contribution in [0, 0.1) is 0 Å². The number of carbonyl (C=O) groups is 1. The molecule has 57 heavy (non-hydrogen) atoms. The van der Waals surface area contributed by atoms with Gasteiger partial charge in [0.1, 0.15) is 48.8 Å². The van der Waals surface area contributed by atoms with Gasteiger partial charge in [0.25, 0.3) is 0 Å². The first kappa shape index (κ1) is 51.4. The molecular weight excluding hydrogens is 738 g/mol. The van der Waals surface area contributed by atoms with E-state index >= 15 is 0 Å². The number of unbranched alkanes of at least 4 members (excludes halogenated alkanes) is 14. The molecule has 0 aromatic heterocycles. The molecular formula is C43H77NO13. The van der Waals surface area contributed by atoms with Crippen LogP contribution in [-0.4, -0.2) is 140 Å². The molecule has 0 bridgehead atoms. The highest BCUT2D eigenvalue weighted by Gasteiger charge is 2.50. The minimum absolute atomic E-state index is 0.262. The third-order valence-corrected chi connectivity index (χ3v) is 10.5. The van der Waals surface area contributed by atoms with Crippen LogP contribution in [0.2, 0.25) is 0 Å². The largest absolute Gasteiger partial charge is 0.394 e. The summed E-state index contributed by atoms with van der Waals surface area (Å²) in [5, 5.41) is 86.0. The standard InChI is InChI=1S/C43H77NO13/c1-3-5-7-9-11-12-13-14-15-16-17-18-19-21-23-25-27-35(48)44-31(32(47)26-24-22-20-10-8-6-4-2)30-54-42-40(53)38(51)41(34(29-46)56-42)57-43-39(52)37(50)36(49)33(28-45)55-43/h8,10,15-16,24,26,31-34,36-43,45-47,49-53H,3-7,9,11-14,17-23,25,27-30H2,1-2H3,(H,44,48)/b10-8+,16-15-,26-24+. The van der Waals surface area contributed by atoms with Gasteiger partial charge >= 0.3 is 0 Å². The molecule has 12 atom stereocenters. The Balaban J connectivity index is 1.87. The van der Waals surface area contributed by atoms with Crippen molar-refractivity contribution in [3.8, 4) is 0 Å². The number of hydrogen-bond donors (Lipinski definition) is 9. The summed E-state index contributed by atoms with van der Waals surface area (Å²) >= 11 is 0. The predicted octanol–water partition coefficient (Wildman–Crippen LogP) is 3.59. The number of rotatable bonds is 31.